The number of methoxy groups -OCH3 is 1. The summed E-state index contributed by atoms with van der Waals surface area (Å²) in [6.07, 6.45) is 3.39. The Morgan fingerprint density at radius 1 is 1.19 bits per heavy atom. The Balaban J connectivity index is 2.06. The maximum Gasteiger partial charge on any atom is 0.0587 e. The van der Waals surface area contributed by atoms with Gasteiger partial charge in [-0.15, -0.1) is 0 Å². The Kier molecular flexibility index (Phi) is 5.43. The van der Waals surface area contributed by atoms with Gasteiger partial charge in [-0.1, -0.05) is 32.9 Å². The number of nitrogens with one attached hydrogen (secondary N) is 1. The molecule has 0 saturated heterocycles. The van der Waals surface area contributed by atoms with Gasteiger partial charge in [0.1, 0.15) is 0 Å². The Bertz CT molecular complexity index is 566. The molecule has 0 atom stereocenters. The SMILES string of the molecule is COCCNCc1ccc2ccn(CCC(C)(C)C)c2c1. The van der Waals surface area contributed by atoms with E-state index in [0.29, 0.717) is 5.41 Å². The van der Waals surface area contributed by atoms with Crippen LogP contribution in [0.2, 0.25) is 0 Å². The van der Waals surface area contributed by atoms with Crippen LogP contribution >= 0.6 is 0 Å². The average Bonchev–Trinajstić information content (AvgIpc) is 2.83. The molecule has 1 aromatic carbocycles. The van der Waals surface area contributed by atoms with Crippen LogP contribution in [0.3, 0.4) is 0 Å². The van der Waals surface area contributed by atoms with Gasteiger partial charge < -0.3 is 14.6 Å². The van der Waals surface area contributed by atoms with Crippen molar-refractivity contribution in [3.63, 3.8) is 0 Å². The van der Waals surface area contributed by atoms with E-state index >= 15 is 0 Å². The van der Waals surface area contributed by atoms with Crippen molar-refractivity contribution in [3.8, 4) is 0 Å². The second-order valence-corrected chi connectivity index (χ2v) is 6.88. The quantitative estimate of drug-likeness (QED) is 0.784. The number of aromatic nitrogens is 1. The normalized spacial score (nSPS) is 12.2. The summed E-state index contributed by atoms with van der Waals surface area (Å²) in [5.41, 5.74) is 3.04. The van der Waals surface area contributed by atoms with E-state index in [1.165, 1.54) is 22.9 Å². The minimum atomic E-state index is 0.371. The number of hydrogen-bond acceptors (Lipinski definition) is 2. The van der Waals surface area contributed by atoms with Crippen molar-refractivity contribution in [1.29, 1.82) is 0 Å². The molecule has 116 valence electrons. The van der Waals surface area contributed by atoms with Gasteiger partial charge in [0, 0.05) is 38.5 Å². The van der Waals surface area contributed by atoms with Gasteiger partial charge in [0.15, 0.2) is 0 Å². The van der Waals surface area contributed by atoms with Gasteiger partial charge in [-0.05, 0) is 34.9 Å². The second kappa shape index (κ2) is 7.10. The molecule has 2 aromatic rings. The van der Waals surface area contributed by atoms with E-state index in [2.05, 4.69) is 61.1 Å². The summed E-state index contributed by atoms with van der Waals surface area (Å²) < 4.78 is 7.43. The van der Waals surface area contributed by atoms with Gasteiger partial charge in [-0.3, -0.25) is 0 Å². The first-order valence-electron chi connectivity index (χ1n) is 7.77. The molecule has 0 aliphatic rings. The van der Waals surface area contributed by atoms with Crippen LogP contribution in [0.25, 0.3) is 10.9 Å². The molecule has 1 heterocycles. The number of rotatable bonds is 7. The number of fused-ring (bicyclic) bond motifs is 1. The maximum atomic E-state index is 5.05. The zero-order valence-electron chi connectivity index (χ0n) is 13.8. The predicted molar refractivity (Wildman–Crippen MR) is 89.6 cm³/mol. The van der Waals surface area contributed by atoms with Gasteiger partial charge in [0.25, 0.3) is 0 Å². The second-order valence-electron chi connectivity index (χ2n) is 6.88. The Labute approximate surface area is 128 Å². The van der Waals surface area contributed by atoms with Crippen LogP contribution in [0, 0.1) is 5.41 Å². The van der Waals surface area contributed by atoms with Gasteiger partial charge in [-0.2, -0.15) is 0 Å². The molecule has 0 radical (unpaired) electrons. The molecule has 0 spiro atoms. The number of benzene rings is 1. The number of ether oxygens (including phenoxy) is 1. The van der Waals surface area contributed by atoms with E-state index in [0.717, 1.165) is 26.2 Å². The van der Waals surface area contributed by atoms with E-state index in [-0.39, 0.29) is 0 Å². The lowest BCUT2D eigenvalue weighted by Gasteiger charge is -2.18. The summed E-state index contributed by atoms with van der Waals surface area (Å²) in [6, 6.07) is 8.93. The zero-order valence-corrected chi connectivity index (χ0v) is 13.8. The fourth-order valence-corrected chi connectivity index (χ4v) is 2.40. The molecule has 0 aliphatic heterocycles. The van der Waals surface area contributed by atoms with Gasteiger partial charge >= 0.3 is 0 Å². The summed E-state index contributed by atoms with van der Waals surface area (Å²) in [6.45, 7) is 10.5. The van der Waals surface area contributed by atoms with Crippen molar-refractivity contribution >= 4 is 10.9 Å². The Hall–Kier alpha value is -1.32. The van der Waals surface area contributed by atoms with E-state index in [9.17, 15) is 0 Å². The highest BCUT2D eigenvalue weighted by Gasteiger charge is 2.11. The molecule has 0 bridgehead atoms. The van der Waals surface area contributed by atoms with Crippen molar-refractivity contribution in [3.05, 3.63) is 36.0 Å². The molecule has 1 N–H and O–H groups in total. The third kappa shape index (κ3) is 4.87. The van der Waals surface area contributed by atoms with E-state index in [4.69, 9.17) is 4.74 Å². The largest absolute Gasteiger partial charge is 0.383 e. The van der Waals surface area contributed by atoms with Crippen LogP contribution in [0.5, 0.6) is 0 Å². The van der Waals surface area contributed by atoms with E-state index in [1.54, 1.807) is 7.11 Å². The van der Waals surface area contributed by atoms with Gasteiger partial charge in [-0.25, -0.2) is 0 Å². The lowest BCUT2D eigenvalue weighted by Crippen LogP contribution is -2.18. The highest BCUT2D eigenvalue weighted by atomic mass is 16.5. The number of nitrogens with zero attached hydrogens (tertiary/aromatic N) is 1. The molecule has 2 rings (SSSR count). The highest BCUT2D eigenvalue weighted by Crippen LogP contribution is 2.23. The third-order valence-corrected chi connectivity index (χ3v) is 3.75. The Morgan fingerprint density at radius 2 is 2.00 bits per heavy atom. The third-order valence-electron chi connectivity index (χ3n) is 3.75. The van der Waals surface area contributed by atoms with Crippen LogP contribution in [0.15, 0.2) is 30.5 Å². The molecule has 0 saturated carbocycles. The molecule has 3 nitrogen and oxygen atoms in total. The van der Waals surface area contributed by atoms with E-state index in [1.807, 2.05) is 0 Å². The standard InChI is InChI=1S/C18H28N2O/c1-18(2,3)8-11-20-10-7-16-6-5-15(13-17(16)20)14-19-9-12-21-4/h5-7,10,13,19H,8-9,11-12,14H2,1-4H3. The first-order chi connectivity index (χ1) is 9.99. The molecule has 0 unspecified atom stereocenters. The van der Waals surface area contributed by atoms with Gasteiger partial charge in [0.05, 0.1) is 6.61 Å². The van der Waals surface area contributed by atoms with Crippen molar-refractivity contribution in [2.24, 2.45) is 5.41 Å². The number of aryl methyl sites for hydroxylation is 1. The van der Waals surface area contributed by atoms with Crippen LogP contribution in [-0.4, -0.2) is 24.8 Å². The van der Waals surface area contributed by atoms with Gasteiger partial charge in [0.2, 0.25) is 0 Å². The molecule has 0 amide bonds. The summed E-state index contributed by atoms with van der Waals surface area (Å²) in [7, 11) is 1.73. The van der Waals surface area contributed by atoms with Crippen LogP contribution in [0.1, 0.15) is 32.8 Å². The zero-order chi connectivity index (χ0) is 15.3. The van der Waals surface area contributed by atoms with Crippen LogP contribution in [-0.2, 0) is 17.8 Å². The van der Waals surface area contributed by atoms with E-state index < -0.39 is 0 Å². The molecule has 0 fully saturated rings. The first-order valence-corrected chi connectivity index (χ1v) is 7.77. The van der Waals surface area contributed by atoms with Crippen LogP contribution < -0.4 is 5.32 Å². The summed E-state index contributed by atoms with van der Waals surface area (Å²) >= 11 is 0. The topological polar surface area (TPSA) is 26.2 Å². The predicted octanol–water partition coefficient (Wildman–Crippen LogP) is 3.81. The smallest absolute Gasteiger partial charge is 0.0587 e. The van der Waals surface area contributed by atoms with Crippen molar-refractivity contribution in [2.45, 2.75) is 40.3 Å². The van der Waals surface area contributed by atoms with Crippen molar-refractivity contribution in [2.75, 3.05) is 20.3 Å². The van der Waals surface area contributed by atoms with Crippen molar-refractivity contribution < 1.29 is 4.74 Å². The molecule has 3 heteroatoms. The summed E-state index contributed by atoms with van der Waals surface area (Å²) in [5, 5.41) is 4.72. The summed E-state index contributed by atoms with van der Waals surface area (Å²) in [4.78, 5) is 0. The van der Waals surface area contributed by atoms with Crippen molar-refractivity contribution in [1.82, 2.24) is 9.88 Å². The minimum Gasteiger partial charge on any atom is -0.383 e. The molecule has 21 heavy (non-hydrogen) atoms. The fraction of sp³-hybridized carbons (Fsp3) is 0.556. The first kappa shape index (κ1) is 16.1. The number of hydrogen-bond donors (Lipinski definition) is 1. The monoisotopic (exact) mass is 288 g/mol. The summed E-state index contributed by atoms with van der Waals surface area (Å²) in [5.74, 6) is 0. The average molecular weight is 288 g/mol. The lowest BCUT2D eigenvalue weighted by molar-refractivity contribution is 0.199. The Morgan fingerprint density at radius 3 is 2.71 bits per heavy atom. The molecular weight excluding hydrogens is 260 g/mol. The fourth-order valence-electron chi connectivity index (χ4n) is 2.40. The maximum absolute atomic E-state index is 5.05. The molecule has 0 aliphatic carbocycles. The lowest BCUT2D eigenvalue weighted by atomic mass is 9.92. The molecular formula is C18H28N2O. The van der Waals surface area contributed by atoms with Crippen LogP contribution in [0.4, 0.5) is 0 Å². The molecule has 1 aromatic heterocycles. The minimum absolute atomic E-state index is 0.371. The highest BCUT2D eigenvalue weighted by molar-refractivity contribution is 5.80.